The van der Waals surface area contributed by atoms with Gasteiger partial charge in [-0.15, -0.1) is 12.4 Å². The van der Waals surface area contributed by atoms with Crippen molar-refractivity contribution in [3.63, 3.8) is 0 Å². The van der Waals surface area contributed by atoms with Crippen LogP contribution in [0.4, 0.5) is 0 Å². The molecule has 1 aromatic carbocycles. The fourth-order valence-corrected chi connectivity index (χ4v) is 2.43. The lowest BCUT2D eigenvalue weighted by Crippen LogP contribution is -2.29. The smallest absolute Gasteiger partial charge is 0.240 e. The topological polar surface area (TPSA) is 72.2 Å². The Morgan fingerprint density at radius 2 is 1.88 bits per heavy atom. The molecule has 0 bridgehead atoms. The Balaban J connectivity index is 0.00000256. The van der Waals surface area contributed by atoms with Gasteiger partial charge in [-0.2, -0.15) is 0 Å². The zero-order valence-electron chi connectivity index (χ0n) is 9.39. The van der Waals surface area contributed by atoms with Gasteiger partial charge in [-0.3, -0.25) is 0 Å². The van der Waals surface area contributed by atoms with Gasteiger partial charge in [-0.25, -0.2) is 13.1 Å². The van der Waals surface area contributed by atoms with Crippen molar-refractivity contribution in [1.29, 1.82) is 0 Å². The molecule has 98 valence electrons. The van der Waals surface area contributed by atoms with E-state index < -0.39 is 10.0 Å². The van der Waals surface area contributed by atoms with Crippen LogP contribution in [0.15, 0.2) is 33.6 Å². The van der Waals surface area contributed by atoms with Gasteiger partial charge in [0.2, 0.25) is 10.0 Å². The molecule has 1 rings (SSSR count). The second kappa shape index (κ2) is 7.33. The molecule has 0 spiro atoms. The van der Waals surface area contributed by atoms with Crippen LogP contribution in [-0.2, 0) is 10.0 Å². The van der Waals surface area contributed by atoms with Gasteiger partial charge in [0.05, 0.1) is 4.90 Å². The molecular formula is C10H16BrClN2O2S. The molecule has 1 aromatic rings. The summed E-state index contributed by atoms with van der Waals surface area (Å²) in [5.74, 6) is 0. The first kappa shape index (κ1) is 16.9. The summed E-state index contributed by atoms with van der Waals surface area (Å²) in [6.45, 7) is 2.20. The Hall–Kier alpha value is -0.140. The summed E-state index contributed by atoms with van der Waals surface area (Å²) in [6, 6.07) is 6.49. The first-order chi connectivity index (χ1) is 7.42. The van der Waals surface area contributed by atoms with Crippen molar-refractivity contribution < 1.29 is 8.42 Å². The fraction of sp³-hybridized carbons (Fsp3) is 0.400. The molecule has 0 aromatic heterocycles. The fourth-order valence-electron chi connectivity index (χ4n) is 1.12. The van der Waals surface area contributed by atoms with Crippen LogP contribution in [0.1, 0.15) is 13.3 Å². The minimum atomic E-state index is -3.40. The molecular weight excluding hydrogens is 328 g/mol. The molecule has 0 heterocycles. The minimum Gasteiger partial charge on any atom is -0.328 e. The minimum absolute atomic E-state index is 0. The Morgan fingerprint density at radius 3 is 2.35 bits per heavy atom. The summed E-state index contributed by atoms with van der Waals surface area (Å²) in [5, 5.41) is 0. The van der Waals surface area contributed by atoms with Gasteiger partial charge >= 0.3 is 0 Å². The van der Waals surface area contributed by atoms with Crippen LogP contribution in [0, 0.1) is 0 Å². The van der Waals surface area contributed by atoms with Crippen molar-refractivity contribution >= 4 is 38.4 Å². The standard InChI is InChI=1S/C10H15BrN2O2S.ClH/c1-8(12)6-7-13-16(14,15)10-4-2-9(11)3-5-10;/h2-5,8,13H,6-7,12H2,1H3;1H. The van der Waals surface area contributed by atoms with Crippen molar-refractivity contribution in [2.75, 3.05) is 6.54 Å². The molecule has 0 radical (unpaired) electrons. The number of benzene rings is 1. The van der Waals surface area contributed by atoms with Crippen LogP contribution in [0.25, 0.3) is 0 Å². The van der Waals surface area contributed by atoms with Crippen LogP contribution in [0.5, 0.6) is 0 Å². The maximum Gasteiger partial charge on any atom is 0.240 e. The lowest BCUT2D eigenvalue weighted by molar-refractivity contribution is 0.572. The molecule has 0 aliphatic rings. The third-order valence-electron chi connectivity index (χ3n) is 2.02. The molecule has 0 amide bonds. The average Bonchev–Trinajstić information content (AvgIpc) is 2.17. The number of nitrogens with one attached hydrogen (secondary N) is 1. The molecule has 17 heavy (non-hydrogen) atoms. The summed E-state index contributed by atoms with van der Waals surface area (Å²) in [7, 11) is -3.40. The zero-order chi connectivity index (χ0) is 12.2. The molecule has 0 fully saturated rings. The van der Waals surface area contributed by atoms with Gasteiger partial charge in [0.1, 0.15) is 0 Å². The van der Waals surface area contributed by atoms with E-state index in [1.807, 2.05) is 6.92 Å². The van der Waals surface area contributed by atoms with Crippen LogP contribution in [-0.4, -0.2) is 21.0 Å². The predicted molar refractivity (Wildman–Crippen MR) is 74.8 cm³/mol. The van der Waals surface area contributed by atoms with Gasteiger partial charge in [-0.05, 0) is 37.6 Å². The lowest BCUT2D eigenvalue weighted by atomic mass is 10.3. The first-order valence-electron chi connectivity index (χ1n) is 4.92. The third kappa shape index (κ3) is 5.83. The van der Waals surface area contributed by atoms with E-state index in [2.05, 4.69) is 20.7 Å². The highest BCUT2D eigenvalue weighted by molar-refractivity contribution is 9.10. The Labute approximate surface area is 117 Å². The number of hydrogen-bond donors (Lipinski definition) is 2. The second-order valence-electron chi connectivity index (χ2n) is 3.62. The van der Waals surface area contributed by atoms with E-state index in [9.17, 15) is 8.42 Å². The summed E-state index contributed by atoms with van der Waals surface area (Å²) < 4.78 is 26.9. The third-order valence-corrected chi connectivity index (χ3v) is 4.02. The monoisotopic (exact) mass is 342 g/mol. The normalized spacial score (nSPS) is 12.9. The van der Waals surface area contributed by atoms with E-state index in [1.54, 1.807) is 24.3 Å². The maximum absolute atomic E-state index is 11.8. The van der Waals surface area contributed by atoms with Crippen molar-refractivity contribution in [3.8, 4) is 0 Å². The van der Waals surface area contributed by atoms with Crippen LogP contribution in [0.2, 0.25) is 0 Å². The molecule has 0 saturated heterocycles. The van der Waals surface area contributed by atoms with Gasteiger partial charge in [0, 0.05) is 17.1 Å². The number of halogens is 2. The van der Waals surface area contributed by atoms with E-state index >= 15 is 0 Å². The number of rotatable bonds is 5. The van der Waals surface area contributed by atoms with Crippen LogP contribution >= 0.6 is 28.3 Å². The van der Waals surface area contributed by atoms with E-state index in [4.69, 9.17) is 5.73 Å². The molecule has 0 saturated carbocycles. The van der Waals surface area contributed by atoms with Crippen molar-refractivity contribution in [2.45, 2.75) is 24.3 Å². The van der Waals surface area contributed by atoms with Crippen molar-refractivity contribution in [1.82, 2.24) is 4.72 Å². The van der Waals surface area contributed by atoms with Gasteiger partial charge < -0.3 is 5.73 Å². The molecule has 4 nitrogen and oxygen atoms in total. The summed E-state index contributed by atoms with van der Waals surface area (Å²) >= 11 is 3.25. The highest BCUT2D eigenvalue weighted by atomic mass is 79.9. The molecule has 7 heteroatoms. The number of sulfonamides is 1. The van der Waals surface area contributed by atoms with Crippen molar-refractivity contribution in [3.05, 3.63) is 28.7 Å². The Morgan fingerprint density at radius 1 is 1.35 bits per heavy atom. The molecule has 1 unspecified atom stereocenters. The van der Waals surface area contributed by atoms with Crippen LogP contribution < -0.4 is 10.5 Å². The largest absolute Gasteiger partial charge is 0.328 e. The van der Waals surface area contributed by atoms with E-state index in [0.717, 1.165) is 4.47 Å². The second-order valence-corrected chi connectivity index (χ2v) is 6.30. The average molecular weight is 344 g/mol. The van der Waals surface area contributed by atoms with Crippen molar-refractivity contribution in [2.24, 2.45) is 5.73 Å². The van der Waals surface area contributed by atoms with Crippen LogP contribution in [0.3, 0.4) is 0 Å². The van der Waals surface area contributed by atoms with E-state index in [1.165, 1.54) is 0 Å². The molecule has 0 aliphatic carbocycles. The molecule has 1 atom stereocenters. The van der Waals surface area contributed by atoms with Gasteiger partial charge in [0.25, 0.3) is 0 Å². The Bertz CT molecular complexity index is 434. The van der Waals surface area contributed by atoms with Gasteiger partial charge in [0.15, 0.2) is 0 Å². The molecule has 0 aliphatic heterocycles. The van der Waals surface area contributed by atoms with Gasteiger partial charge in [-0.1, -0.05) is 15.9 Å². The van der Waals surface area contributed by atoms with E-state index in [0.29, 0.717) is 13.0 Å². The Kier molecular flexibility index (Phi) is 7.27. The molecule has 3 N–H and O–H groups in total. The summed E-state index contributed by atoms with van der Waals surface area (Å²) in [6.07, 6.45) is 0.621. The number of hydrogen-bond acceptors (Lipinski definition) is 3. The first-order valence-corrected chi connectivity index (χ1v) is 7.20. The SMILES string of the molecule is CC(N)CCNS(=O)(=O)c1ccc(Br)cc1.Cl. The highest BCUT2D eigenvalue weighted by Crippen LogP contribution is 2.14. The highest BCUT2D eigenvalue weighted by Gasteiger charge is 2.12. The summed E-state index contributed by atoms with van der Waals surface area (Å²) in [4.78, 5) is 0.264. The maximum atomic E-state index is 11.8. The van der Waals surface area contributed by atoms with E-state index in [-0.39, 0.29) is 23.3 Å². The number of nitrogens with two attached hydrogens (primary N) is 1. The lowest BCUT2D eigenvalue weighted by Gasteiger charge is -2.08. The summed E-state index contributed by atoms with van der Waals surface area (Å²) in [5.41, 5.74) is 5.54. The quantitative estimate of drug-likeness (QED) is 0.857. The predicted octanol–water partition coefficient (Wildman–Crippen LogP) is 1.89. The zero-order valence-corrected chi connectivity index (χ0v) is 12.6.